The number of amides is 2. The molecular formula is C33H32N2O11. The molecule has 240 valence electrons. The van der Waals surface area contributed by atoms with Gasteiger partial charge in [0.2, 0.25) is 0 Å². The Morgan fingerprint density at radius 1 is 0.565 bits per heavy atom. The highest BCUT2D eigenvalue weighted by atomic mass is 16.6. The Hall–Kier alpha value is -5.33. The monoisotopic (exact) mass is 632 g/mol. The molecule has 0 radical (unpaired) electrons. The van der Waals surface area contributed by atoms with Crippen LogP contribution in [0.25, 0.3) is 0 Å². The molecule has 4 rings (SSSR count). The molecule has 0 aliphatic heterocycles. The zero-order valence-electron chi connectivity index (χ0n) is 26.0. The van der Waals surface area contributed by atoms with Gasteiger partial charge in [-0.05, 0) is 65.8 Å². The number of alkyl carbamates (subject to hydrolysis) is 2. The molecule has 2 atom stereocenters. The molecular weight excluding hydrogens is 600 g/mol. The standard InChI is InChI=1S/C33H32N2O11/c1-32(2,3)45-30(43)34-13-21(36)23-26(39)17-9-7-15(11-19(17)28(23)41)25(38)16-8-10-18-20(12-16)29(42)24(27(18)40)22(37)14-35-31(44)46-33(4,5)6/h7-12,23-24H,13-14H2,1-6H3,(H,34,43)(H,35,44). The first-order valence-corrected chi connectivity index (χ1v) is 14.3. The Morgan fingerprint density at radius 3 is 1.22 bits per heavy atom. The fourth-order valence-corrected chi connectivity index (χ4v) is 4.97. The highest BCUT2D eigenvalue weighted by Crippen LogP contribution is 2.31. The summed E-state index contributed by atoms with van der Waals surface area (Å²) in [7, 11) is 0. The van der Waals surface area contributed by atoms with E-state index in [1.54, 1.807) is 41.5 Å². The molecule has 0 spiro atoms. The first-order chi connectivity index (χ1) is 21.3. The molecule has 2 N–H and O–H groups in total. The van der Waals surface area contributed by atoms with E-state index in [0.717, 1.165) is 0 Å². The van der Waals surface area contributed by atoms with Crippen molar-refractivity contribution in [2.24, 2.45) is 11.8 Å². The minimum Gasteiger partial charge on any atom is -0.444 e. The Kier molecular flexibility index (Phi) is 8.92. The molecule has 13 heteroatoms. The van der Waals surface area contributed by atoms with Gasteiger partial charge in [0.1, 0.15) is 23.0 Å². The smallest absolute Gasteiger partial charge is 0.408 e. The van der Waals surface area contributed by atoms with Crippen LogP contribution >= 0.6 is 0 Å². The van der Waals surface area contributed by atoms with Crippen LogP contribution in [0.5, 0.6) is 0 Å². The number of hydrogen-bond acceptors (Lipinski definition) is 11. The number of carbonyl (C=O) groups is 9. The molecule has 2 aromatic rings. The van der Waals surface area contributed by atoms with E-state index in [0.29, 0.717) is 0 Å². The minimum atomic E-state index is -1.70. The van der Waals surface area contributed by atoms with Crippen molar-refractivity contribution >= 4 is 52.7 Å². The van der Waals surface area contributed by atoms with Crippen molar-refractivity contribution in [2.45, 2.75) is 52.7 Å². The van der Waals surface area contributed by atoms with Crippen LogP contribution < -0.4 is 10.6 Å². The maximum absolute atomic E-state index is 13.4. The topological polar surface area (TPSA) is 196 Å². The van der Waals surface area contributed by atoms with Crippen molar-refractivity contribution in [1.82, 2.24) is 10.6 Å². The Bertz CT molecular complexity index is 1610. The zero-order chi connectivity index (χ0) is 34.3. The molecule has 0 aromatic heterocycles. The van der Waals surface area contributed by atoms with Gasteiger partial charge in [-0.25, -0.2) is 9.59 Å². The van der Waals surface area contributed by atoms with Gasteiger partial charge in [0, 0.05) is 33.4 Å². The van der Waals surface area contributed by atoms with Crippen LogP contribution in [0.15, 0.2) is 36.4 Å². The van der Waals surface area contributed by atoms with Crippen molar-refractivity contribution in [3.05, 3.63) is 69.8 Å². The van der Waals surface area contributed by atoms with Crippen LogP contribution in [-0.4, -0.2) is 77.0 Å². The Balaban J connectivity index is 1.48. The van der Waals surface area contributed by atoms with Crippen molar-refractivity contribution < 1.29 is 52.6 Å². The molecule has 2 aliphatic rings. The van der Waals surface area contributed by atoms with Crippen LogP contribution in [0.1, 0.15) is 98.9 Å². The van der Waals surface area contributed by atoms with Crippen molar-refractivity contribution in [3.8, 4) is 0 Å². The number of carbonyl (C=O) groups excluding carboxylic acids is 9. The molecule has 0 fully saturated rings. The van der Waals surface area contributed by atoms with Crippen molar-refractivity contribution in [3.63, 3.8) is 0 Å². The van der Waals surface area contributed by atoms with Gasteiger partial charge in [-0.3, -0.25) is 33.6 Å². The van der Waals surface area contributed by atoms with Gasteiger partial charge in [0.05, 0.1) is 13.1 Å². The lowest BCUT2D eigenvalue weighted by molar-refractivity contribution is -0.120. The van der Waals surface area contributed by atoms with Gasteiger partial charge in [-0.2, -0.15) is 0 Å². The lowest BCUT2D eigenvalue weighted by atomic mass is 9.96. The van der Waals surface area contributed by atoms with Crippen LogP contribution in [0.4, 0.5) is 9.59 Å². The fourth-order valence-electron chi connectivity index (χ4n) is 4.97. The summed E-state index contributed by atoms with van der Waals surface area (Å²) >= 11 is 0. The molecule has 2 aromatic carbocycles. The quantitative estimate of drug-likeness (QED) is 0.320. The number of ether oxygens (including phenoxy) is 2. The van der Waals surface area contributed by atoms with Gasteiger partial charge in [-0.1, -0.05) is 12.1 Å². The summed E-state index contributed by atoms with van der Waals surface area (Å²) in [4.78, 5) is 115. The Morgan fingerprint density at radius 2 is 0.891 bits per heavy atom. The fraction of sp³-hybridized carbons (Fsp3) is 0.364. The summed E-state index contributed by atoms with van der Waals surface area (Å²) in [5.41, 5.74) is -2.15. The van der Waals surface area contributed by atoms with Crippen LogP contribution in [0.3, 0.4) is 0 Å². The third-order valence-electron chi connectivity index (χ3n) is 6.93. The third kappa shape index (κ3) is 6.98. The highest BCUT2D eigenvalue weighted by molar-refractivity contribution is 6.37. The second-order valence-corrected chi connectivity index (χ2v) is 12.8. The highest BCUT2D eigenvalue weighted by Gasteiger charge is 2.45. The number of benzene rings is 2. The third-order valence-corrected chi connectivity index (χ3v) is 6.93. The summed E-state index contributed by atoms with van der Waals surface area (Å²) < 4.78 is 10.1. The summed E-state index contributed by atoms with van der Waals surface area (Å²) in [5, 5.41) is 4.45. The zero-order valence-corrected chi connectivity index (χ0v) is 26.0. The maximum Gasteiger partial charge on any atom is 0.408 e. The first-order valence-electron chi connectivity index (χ1n) is 14.3. The van der Waals surface area contributed by atoms with Crippen molar-refractivity contribution in [1.29, 1.82) is 0 Å². The summed E-state index contributed by atoms with van der Waals surface area (Å²) in [5.74, 6) is -8.95. The van der Waals surface area contributed by atoms with E-state index in [2.05, 4.69) is 10.6 Å². The molecule has 0 heterocycles. The molecule has 0 saturated heterocycles. The molecule has 46 heavy (non-hydrogen) atoms. The molecule has 0 bridgehead atoms. The van der Waals surface area contributed by atoms with Crippen molar-refractivity contribution in [2.75, 3.05) is 13.1 Å². The number of fused-ring (bicyclic) bond motifs is 2. The predicted octanol–water partition coefficient (Wildman–Crippen LogP) is 3.10. The van der Waals surface area contributed by atoms with E-state index in [9.17, 15) is 43.2 Å². The summed E-state index contributed by atoms with van der Waals surface area (Å²) in [6, 6.07) is 7.39. The normalized spacial score (nSPS) is 17.3. The van der Waals surface area contributed by atoms with Crippen LogP contribution in [0, 0.1) is 11.8 Å². The SMILES string of the molecule is CC(C)(C)OC(=O)NCC(=O)C1C(=O)c2ccc(C(=O)c3ccc4c(c3)C(=O)C(C(=O)CNC(=O)OC(C)(C)C)C4=O)cc2C1=O. The number of Topliss-reactive ketones (excluding diaryl/α,β-unsaturated/α-hetero) is 6. The van der Waals surface area contributed by atoms with Gasteiger partial charge in [0.25, 0.3) is 0 Å². The number of hydrogen-bond donors (Lipinski definition) is 2. The van der Waals surface area contributed by atoms with E-state index in [-0.39, 0.29) is 33.4 Å². The predicted molar refractivity (Wildman–Crippen MR) is 159 cm³/mol. The van der Waals surface area contributed by atoms with Crippen LogP contribution in [0.2, 0.25) is 0 Å². The second-order valence-electron chi connectivity index (χ2n) is 12.8. The molecule has 2 aliphatic carbocycles. The van der Waals surface area contributed by atoms with E-state index in [1.165, 1.54) is 36.4 Å². The molecule has 13 nitrogen and oxygen atoms in total. The molecule has 2 amide bonds. The maximum atomic E-state index is 13.4. The lowest BCUT2D eigenvalue weighted by Gasteiger charge is -2.19. The second kappa shape index (κ2) is 12.2. The number of ketones is 7. The van der Waals surface area contributed by atoms with E-state index >= 15 is 0 Å². The van der Waals surface area contributed by atoms with Gasteiger partial charge in [-0.15, -0.1) is 0 Å². The van der Waals surface area contributed by atoms with Crippen LogP contribution in [-0.2, 0) is 19.1 Å². The molecule has 0 saturated carbocycles. The van der Waals surface area contributed by atoms with E-state index in [4.69, 9.17) is 9.47 Å². The van der Waals surface area contributed by atoms with Gasteiger partial charge in [0.15, 0.2) is 40.5 Å². The van der Waals surface area contributed by atoms with Gasteiger partial charge >= 0.3 is 12.2 Å². The number of nitrogens with one attached hydrogen (secondary N) is 2. The average Bonchev–Trinajstić information content (AvgIpc) is 3.35. The molecule has 2 unspecified atom stereocenters. The average molecular weight is 633 g/mol. The first kappa shape index (κ1) is 33.6. The largest absolute Gasteiger partial charge is 0.444 e. The van der Waals surface area contributed by atoms with E-state index < -0.39 is 88.8 Å². The van der Waals surface area contributed by atoms with E-state index in [1.807, 2.05) is 0 Å². The number of rotatable bonds is 8. The van der Waals surface area contributed by atoms with Gasteiger partial charge < -0.3 is 20.1 Å². The minimum absolute atomic E-state index is 0.0363. The Labute approximate surface area is 263 Å². The summed E-state index contributed by atoms with van der Waals surface area (Å²) in [6.45, 7) is 8.50. The lowest BCUT2D eigenvalue weighted by Crippen LogP contribution is -2.39. The summed E-state index contributed by atoms with van der Waals surface area (Å²) in [6.07, 6.45) is -1.79.